The minimum absolute atomic E-state index is 0.00348. The molecule has 222 valence electrons. The summed E-state index contributed by atoms with van der Waals surface area (Å²) in [6, 6.07) is 17.3. The van der Waals surface area contributed by atoms with Gasteiger partial charge in [-0.2, -0.15) is 0 Å². The first-order chi connectivity index (χ1) is 20.5. The van der Waals surface area contributed by atoms with E-state index < -0.39 is 18.5 Å². The normalized spacial score (nSPS) is 15.7. The van der Waals surface area contributed by atoms with Gasteiger partial charge < -0.3 is 15.4 Å². The van der Waals surface area contributed by atoms with Crippen molar-refractivity contribution in [1.82, 2.24) is 10.3 Å². The van der Waals surface area contributed by atoms with Gasteiger partial charge in [-0.05, 0) is 89.9 Å². The standard InChI is InChI=1S/C35H37N3O4S/c1-21-10-8-14-28(22(21)2)37-30(39)19-36-31(40)20-42-34(41)32-26-12-6-7-13-29(26)38-33-23(17-25-11-9-15-43-25)16-24(18-27(32)33)35(3,4)5/h6-15,17,24H,16,18-20H2,1-5H3,(H,36,40)(H,37,39)/b23-17+/t24-/m0/s1. The van der Waals surface area contributed by atoms with E-state index in [1.807, 2.05) is 67.8 Å². The number of pyridine rings is 1. The number of amides is 2. The van der Waals surface area contributed by atoms with Crippen molar-refractivity contribution in [3.63, 3.8) is 0 Å². The number of aromatic nitrogens is 1. The largest absolute Gasteiger partial charge is 0.452 e. The first-order valence-corrected chi connectivity index (χ1v) is 15.3. The summed E-state index contributed by atoms with van der Waals surface area (Å²) in [6.45, 7) is 9.82. The molecule has 2 N–H and O–H groups in total. The molecule has 1 aliphatic rings. The first-order valence-electron chi connectivity index (χ1n) is 14.5. The Labute approximate surface area is 256 Å². The van der Waals surface area contributed by atoms with Gasteiger partial charge in [0.25, 0.3) is 5.91 Å². The molecule has 2 amide bonds. The van der Waals surface area contributed by atoms with E-state index in [4.69, 9.17) is 9.72 Å². The van der Waals surface area contributed by atoms with Gasteiger partial charge >= 0.3 is 5.97 Å². The van der Waals surface area contributed by atoms with E-state index in [0.29, 0.717) is 28.6 Å². The molecule has 0 bridgehead atoms. The van der Waals surface area contributed by atoms with Crippen molar-refractivity contribution in [3.05, 3.63) is 92.8 Å². The molecule has 1 aliphatic carbocycles. The summed E-state index contributed by atoms with van der Waals surface area (Å²) in [4.78, 5) is 45.0. The van der Waals surface area contributed by atoms with E-state index in [1.54, 1.807) is 11.3 Å². The van der Waals surface area contributed by atoms with Gasteiger partial charge in [0, 0.05) is 16.0 Å². The molecule has 0 saturated heterocycles. The van der Waals surface area contributed by atoms with Crippen LogP contribution in [0.3, 0.4) is 0 Å². The molecule has 0 spiro atoms. The lowest BCUT2D eigenvalue weighted by Gasteiger charge is -2.36. The predicted molar refractivity (Wildman–Crippen MR) is 173 cm³/mol. The number of hydrogen-bond acceptors (Lipinski definition) is 6. The van der Waals surface area contributed by atoms with Gasteiger partial charge in [0.1, 0.15) is 0 Å². The summed E-state index contributed by atoms with van der Waals surface area (Å²) in [5.74, 6) is -1.21. The number of benzene rings is 2. The number of nitrogens with zero attached hydrogens (tertiary/aromatic N) is 1. The van der Waals surface area contributed by atoms with Gasteiger partial charge in [-0.1, -0.05) is 57.2 Å². The van der Waals surface area contributed by atoms with Crippen LogP contribution < -0.4 is 10.6 Å². The van der Waals surface area contributed by atoms with Crippen molar-refractivity contribution in [3.8, 4) is 0 Å². The minimum atomic E-state index is -0.574. The lowest BCUT2D eigenvalue weighted by Crippen LogP contribution is -2.36. The van der Waals surface area contributed by atoms with Crippen molar-refractivity contribution >= 4 is 57.4 Å². The highest BCUT2D eigenvalue weighted by Gasteiger charge is 2.35. The second kappa shape index (κ2) is 12.5. The van der Waals surface area contributed by atoms with Gasteiger partial charge in [0.15, 0.2) is 6.61 Å². The van der Waals surface area contributed by atoms with Gasteiger partial charge in [-0.25, -0.2) is 9.78 Å². The third kappa shape index (κ3) is 6.86. The molecule has 0 fully saturated rings. The molecular weight excluding hydrogens is 558 g/mol. The van der Waals surface area contributed by atoms with Crippen LogP contribution in [0.4, 0.5) is 5.69 Å². The highest BCUT2D eigenvalue weighted by atomic mass is 32.1. The zero-order valence-corrected chi connectivity index (χ0v) is 26.1. The number of esters is 1. The van der Waals surface area contributed by atoms with Crippen LogP contribution in [-0.2, 0) is 20.7 Å². The zero-order valence-electron chi connectivity index (χ0n) is 25.2. The predicted octanol–water partition coefficient (Wildman–Crippen LogP) is 6.97. The van der Waals surface area contributed by atoms with Crippen LogP contribution >= 0.6 is 11.3 Å². The molecule has 2 aromatic heterocycles. The Bertz CT molecular complexity index is 1720. The van der Waals surface area contributed by atoms with Crippen LogP contribution in [0.25, 0.3) is 22.6 Å². The average molecular weight is 596 g/mol. The summed E-state index contributed by atoms with van der Waals surface area (Å²) in [5, 5.41) is 8.11. The monoisotopic (exact) mass is 595 g/mol. The van der Waals surface area contributed by atoms with E-state index in [9.17, 15) is 14.4 Å². The Morgan fingerprint density at radius 3 is 2.53 bits per heavy atom. The average Bonchev–Trinajstić information content (AvgIpc) is 3.48. The number of carbonyl (C=O) groups is 3. The zero-order chi connectivity index (χ0) is 30.7. The van der Waals surface area contributed by atoms with Crippen LogP contribution in [-0.4, -0.2) is 35.9 Å². The molecule has 7 nitrogen and oxygen atoms in total. The Morgan fingerprint density at radius 1 is 1.00 bits per heavy atom. The number of nitrogens with one attached hydrogen (secondary N) is 2. The Hall–Kier alpha value is -4.30. The van der Waals surface area contributed by atoms with Crippen LogP contribution in [0.15, 0.2) is 60.0 Å². The molecule has 0 saturated carbocycles. The number of aryl methyl sites for hydroxylation is 1. The fraction of sp³-hybridized carbons (Fsp3) is 0.314. The van der Waals surface area contributed by atoms with Crippen LogP contribution in [0.2, 0.25) is 0 Å². The maximum atomic E-state index is 13.7. The highest BCUT2D eigenvalue weighted by molar-refractivity contribution is 7.10. The smallest absolute Gasteiger partial charge is 0.339 e. The maximum Gasteiger partial charge on any atom is 0.339 e. The molecule has 8 heteroatoms. The summed E-state index contributed by atoms with van der Waals surface area (Å²) in [5.41, 5.74) is 6.62. The molecule has 43 heavy (non-hydrogen) atoms. The summed E-state index contributed by atoms with van der Waals surface area (Å²) < 4.78 is 5.58. The lowest BCUT2D eigenvalue weighted by molar-refractivity contribution is -0.126. The Morgan fingerprint density at radius 2 is 1.79 bits per heavy atom. The van der Waals surface area contributed by atoms with Gasteiger partial charge in [-0.15, -0.1) is 11.3 Å². The number of hydrogen-bond donors (Lipinski definition) is 2. The number of ether oxygens (including phenoxy) is 1. The SMILES string of the molecule is Cc1cccc(NC(=O)CNC(=O)COC(=O)c2c3c(nc4ccccc24)/C(=C/c2cccs2)C[C@H](C(C)(C)C)C3)c1C. The molecule has 2 heterocycles. The first kappa shape index (κ1) is 30.2. The molecular formula is C35H37N3O4S. The van der Waals surface area contributed by atoms with Crippen molar-refractivity contribution in [2.45, 2.75) is 47.5 Å². The molecule has 4 aromatic rings. The van der Waals surface area contributed by atoms with E-state index >= 15 is 0 Å². The number of allylic oxidation sites excluding steroid dienone is 1. The second-order valence-electron chi connectivity index (χ2n) is 12.1. The van der Waals surface area contributed by atoms with E-state index in [2.05, 4.69) is 43.5 Å². The second-order valence-corrected chi connectivity index (χ2v) is 13.1. The van der Waals surface area contributed by atoms with Crippen molar-refractivity contribution in [1.29, 1.82) is 0 Å². The molecule has 0 unspecified atom stereocenters. The van der Waals surface area contributed by atoms with Crippen LogP contribution in [0.5, 0.6) is 0 Å². The topological polar surface area (TPSA) is 97.4 Å². The fourth-order valence-corrected chi connectivity index (χ4v) is 6.11. The lowest BCUT2D eigenvalue weighted by atomic mass is 9.69. The molecule has 2 aromatic carbocycles. The summed E-state index contributed by atoms with van der Waals surface area (Å²) >= 11 is 1.66. The summed E-state index contributed by atoms with van der Waals surface area (Å²) in [7, 11) is 0. The number of carbonyl (C=O) groups excluding carboxylic acids is 3. The van der Waals surface area contributed by atoms with Crippen molar-refractivity contribution < 1.29 is 19.1 Å². The number of anilines is 1. The summed E-state index contributed by atoms with van der Waals surface area (Å²) in [6.07, 6.45) is 3.70. The van der Waals surface area contributed by atoms with Crippen LogP contribution in [0, 0.1) is 25.2 Å². The van der Waals surface area contributed by atoms with Gasteiger partial charge in [0.2, 0.25) is 5.91 Å². The van der Waals surface area contributed by atoms with Crippen molar-refractivity contribution in [2.24, 2.45) is 11.3 Å². The Kier molecular flexibility index (Phi) is 8.78. The number of fused-ring (bicyclic) bond motifs is 2. The van der Waals surface area contributed by atoms with Crippen LogP contribution in [0.1, 0.15) is 64.8 Å². The number of para-hydroxylation sites is 1. The molecule has 0 radical (unpaired) electrons. The molecule has 5 rings (SSSR count). The van der Waals surface area contributed by atoms with Gasteiger partial charge in [0.05, 0.1) is 23.3 Å². The Balaban J connectivity index is 1.37. The third-order valence-electron chi connectivity index (χ3n) is 8.16. The molecule has 0 aliphatic heterocycles. The number of thiophene rings is 1. The van der Waals surface area contributed by atoms with E-state index in [1.165, 1.54) is 0 Å². The highest BCUT2D eigenvalue weighted by Crippen LogP contribution is 2.45. The third-order valence-corrected chi connectivity index (χ3v) is 8.98. The fourth-order valence-electron chi connectivity index (χ4n) is 5.43. The molecule has 1 atom stereocenters. The van der Waals surface area contributed by atoms with E-state index in [-0.39, 0.29) is 23.8 Å². The quantitative estimate of drug-likeness (QED) is 0.225. The van der Waals surface area contributed by atoms with Gasteiger partial charge in [-0.3, -0.25) is 9.59 Å². The van der Waals surface area contributed by atoms with E-state index in [0.717, 1.165) is 39.3 Å². The maximum absolute atomic E-state index is 13.7. The van der Waals surface area contributed by atoms with Crippen molar-refractivity contribution in [2.75, 3.05) is 18.5 Å². The minimum Gasteiger partial charge on any atom is -0.452 e. The number of rotatable bonds is 7.